The number of guanidine groups is 1. The summed E-state index contributed by atoms with van der Waals surface area (Å²) in [5.41, 5.74) is 6.10. The first-order valence-corrected chi connectivity index (χ1v) is 8.54. The molecular weight excluding hydrogens is 419 g/mol. The summed E-state index contributed by atoms with van der Waals surface area (Å²) in [6, 6.07) is 6.74. The van der Waals surface area contributed by atoms with Crippen LogP contribution in [0.25, 0.3) is 0 Å². The van der Waals surface area contributed by atoms with E-state index < -0.39 is 10.0 Å². The van der Waals surface area contributed by atoms with Gasteiger partial charge in [-0.25, -0.2) is 8.42 Å². The number of anilines is 1. The Balaban J connectivity index is 0.00000441. The normalized spacial score (nSPS) is 11.5. The highest BCUT2D eigenvalue weighted by Crippen LogP contribution is 2.17. The third-order valence-electron chi connectivity index (χ3n) is 2.32. The monoisotopic (exact) mass is 442 g/mol. The molecule has 1 aromatic carbocycles. The van der Waals surface area contributed by atoms with Crippen molar-refractivity contribution in [2.45, 2.75) is 13.3 Å². The van der Waals surface area contributed by atoms with Crippen LogP contribution in [-0.2, 0) is 10.0 Å². The average Bonchev–Trinajstić information content (AvgIpc) is 2.40. The predicted molar refractivity (Wildman–Crippen MR) is 101 cm³/mol. The highest BCUT2D eigenvalue weighted by atomic mass is 127. The molecule has 9 heteroatoms. The molecule has 1 rings (SSSR count). The van der Waals surface area contributed by atoms with Gasteiger partial charge in [0.25, 0.3) is 0 Å². The fraction of sp³-hybridized carbons (Fsp3) is 0.462. The number of hydrogen-bond acceptors (Lipinski definition) is 4. The molecule has 0 spiro atoms. The summed E-state index contributed by atoms with van der Waals surface area (Å²) in [4.78, 5) is 4.09. The van der Waals surface area contributed by atoms with Crippen LogP contribution in [0.4, 0.5) is 5.69 Å². The van der Waals surface area contributed by atoms with Crippen molar-refractivity contribution in [3.63, 3.8) is 0 Å². The lowest BCUT2D eigenvalue weighted by molar-refractivity contribution is 0.322. The van der Waals surface area contributed by atoms with Gasteiger partial charge in [0.2, 0.25) is 10.0 Å². The smallest absolute Gasteiger partial charge is 0.229 e. The Labute approximate surface area is 148 Å². The summed E-state index contributed by atoms with van der Waals surface area (Å²) >= 11 is 0. The van der Waals surface area contributed by atoms with Gasteiger partial charge in [0.15, 0.2) is 5.96 Å². The summed E-state index contributed by atoms with van der Waals surface area (Å²) < 4.78 is 30.2. The number of nitrogens with one attached hydrogen (secondary N) is 2. The van der Waals surface area contributed by atoms with Crippen LogP contribution in [0.5, 0.6) is 5.75 Å². The third kappa shape index (κ3) is 9.66. The Morgan fingerprint density at radius 1 is 1.41 bits per heavy atom. The van der Waals surface area contributed by atoms with Crippen LogP contribution in [0.3, 0.4) is 0 Å². The van der Waals surface area contributed by atoms with E-state index in [-0.39, 0.29) is 24.0 Å². The molecule has 0 unspecified atom stereocenters. The lowest BCUT2D eigenvalue weighted by atomic mass is 10.3. The topological polar surface area (TPSA) is 106 Å². The van der Waals surface area contributed by atoms with E-state index in [0.717, 1.165) is 12.7 Å². The van der Waals surface area contributed by atoms with E-state index in [2.05, 4.69) is 15.0 Å². The molecule has 1 aromatic rings. The van der Waals surface area contributed by atoms with E-state index >= 15 is 0 Å². The second-order valence-corrected chi connectivity index (χ2v) is 6.19. The molecule has 0 saturated carbocycles. The third-order valence-corrected chi connectivity index (χ3v) is 2.93. The molecule has 0 aliphatic heterocycles. The van der Waals surface area contributed by atoms with Gasteiger partial charge in [0.1, 0.15) is 12.4 Å². The van der Waals surface area contributed by atoms with Crippen LogP contribution < -0.4 is 20.5 Å². The average molecular weight is 442 g/mol. The number of sulfonamides is 1. The van der Waals surface area contributed by atoms with Gasteiger partial charge in [-0.15, -0.1) is 24.0 Å². The molecule has 0 fully saturated rings. The standard InChI is InChI=1S/C13H22N4O3S.HI/c1-3-7-15-13(14)16-8-9-20-12-6-4-5-11(10-12)17-21(2,18)19;/h4-6,10,17H,3,7-9H2,1-2H3,(H3,14,15,16);1H. The van der Waals surface area contributed by atoms with Crippen LogP contribution in [0, 0.1) is 0 Å². The van der Waals surface area contributed by atoms with Crippen molar-refractivity contribution in [1.82, 2.24) is 5.32 Å². The first kappa shape index (κ1) is 20.8. The Kier molecular flexibility index (Phi) is 9.90. The van der Waals surface area contributed by atoms with Crippen molar-refractivity contribution in [1.29, 1.82) is 0 Å². The van der Waals surface area contributed by atoms with Crippen molar-refractivity contribution in [3.05, 3.63) is 24.3 Å². The fourth-order valence-corrected chi connectivity index (χ4v) is 2.05. The van der Waals surface area contributed by atoms with E-state index in [4.69, 9.17) is 10.5 Å². The van der Waals surface area contributed by atoms with Gasteiger partial charge in [0, 0.05) is 12.6 Å². The molecule has 0 heterocycles. The van der Waals surface area contributed by atoms with E-state index in [1.54, 1.807) is 24.3 Å². The van der Waals surface area contributed by atoms with Crippen molar-refractivity contribution < 1.29 is 13.2 Å². The van der Waals surface area contributed by atoms with E-state index in [0.29, 0.717) is 37.1 Å². The van der Waals surface area contributed by atoms with Gasteiger partial charge in [-0.05, 0) is 18.6 Å². The molecule has 0 atom stereocenters. The lowest BCUT2D eigenvalue weighted by Crippen LogP contribution is -2.34. The van der Waals surface area contributed by atoms with Gasteiger partial charge in [0.05, 0.1) is 18.5 Å². The molecule has 0 amide bonds. The SMILES string of the molecule is CCCN=C(N)NCCOc1cccc(NS(C)(=O)=O)c1.I. The first-order valence-electron chi connectivity index (χ1n) is 6.65. The maximum atomic E-state index is 11.1. The molecule has 0 radical (unpaired) electrons. The number of hydrogen-bond donors (Lipinski definition) is 3. The van der Waals surface area contributed by atoms with E-state index in [9.17, 15) is 8.42 Å². The highest BCUT2D eigenvalue weighted by molar-refractivity contribution is 14.0. The number of nitrogens with two attached hydrogens (primary N) is 1. The zero-order valence-electron chi connectivity index (χ0n) is 12.7. The molecule has 7 nitrogen and oxygen atoms in total. The lowest BCUT2D eigenvalue weighted by Gasteiger charge is -2.10. The Morgan fingerprint density at radius 2 is 2.14 bits per heavy atom. The zero-order valence-corrected chi connectivity index (χ0v) is 15.9. The van der Waals surface area contributed by atoms with Crippen LogP contribution >= 0.6 is 24.0 Å². The van der Waals surface area contributed by atoms with E-state index in [1.807, 2.05) is 6.92 Å². The van der Waals surface area contributed by atoms with E-state index in [1.165, 1.54) is 0 Å². The second kappa shape index (κ2) is 10.5. The first-order chi connectivity index (χ1) is 9.90. The van der Waals surface area contributed by atoms with Crippen molar-refractivity contribution in [2.75, 3.05) is 30.7 Å². The molecule has 4 N–H and O–H groups in total. The number of benzene rings is 1. The second-order valence-electron chi connectivity index (χ2n) is 4.44. The zero-order chi connectivity index (χ0) is 15.7. The highest BCUT2D eigenvalue weighted by Gasteiger charge is 2.03. The molecule has 126 valence electrons. The molecule has 0 aliphatic carbocycles. The largest absolute Gasteiger partial charge is 0.492 e. The summed E-state index contributed by atoms with van der Waals surface area (Å²) in [6.07, 6.45) is 2.04. The van der Waals surface area contributed by atoms with Crippen LogP contribution in [-0.4, -0.2) is 40.3 Å². The molecule has 0 aromatic heterocycles. The number of nitrogens with zero attached hydrogens (tertiary/aromatic N) is 1. The molecule has 0 saturated heterocycles. The minimum absolute atomic E-state index is 0. The summed E-state index contributed by atoms with van der Waals surface area (Å²) in [5, 5.41) is 2.93. The summed E-state index contributed by atoms with van der Waals surface area (Å²) in [6.45, 7) is 3.63. The van der Waals surface area contributed by atoms with Gasteiger partial charge in [-0.3, -0.25) is 9.71 Å². The molecular formula is C13H23IN4O3S. The van der Waals surface area contributed by atoms with Crippen LogP contribution in [0.1, 0.15) is 13.3 Å². The van der Waals surface area contributed by atoms with Crippen molar-refractivity contribution >= 4 is 45.6 Å². The van der Waals surface area contributed by atoms with Crippen LogP contribution in [0.15, 0.2) is 29.3 Å². The van der Waals surface area contributed by atoms with Crippen molar-refractivity contribution in [3.8, 4) is 5.75 Å². The van der Waals surface area contributed by atoms with Gasteiger partial charge < -0.3 is 15.8 Å². The quantitative estimate of drug-likeness (QED) is 0.244. The number of halogens is 1. The maximum absolute atomic E-state index is 11.1. The Morgan fingerprint density at radius 3 is 2.77 bits per heavy atom. The number of rotatable bonds is 8. The van der Waals surface area contributed by atoms with Gasteiger partial charge in [-0.2, -0.15) is 0 Å². The van der Waals surface area contributed by atoms with Crippen molar-refractivity contribution in [2.24, 2.45) is 10.7 Å². The minimum atomic E-state index is -3.29. The Hall–Kier alpha value is -1.23. The minimum Gasteiger partial charge on any atom is -0.492 e. The van der Waals surface area contributed by atoms with Gasteiger partial charge in [-0.1, -0.05) is 13.0 Å². The molecule has 0 bridgehead atoms. The predicted octanol–water partition coefficient (Wildman–Crippen LogP) is 1.37. The summed E-state index contributed by atoms with van der Waals surface area (Å²) in [5.74, 6) is 0.975. The Bertz CT molecular complexity index is 578. The van der Waals surface area contributed by atoms with Gasteiger partial charge >= 0.3 is 0 Å². The molecule has 22 heavy (non-hydrogen) atoms. The fourth-order valence-electron chi connectivity index (χ4n) is 1.50. The maximum Gasteiger partial charge on any atom is 0.229 e. The van der Waals surface area contributed by atoms with Crippen LogP contribution in [0.2, 0.25) is 0 Å². The number of aliphatic imine (C=N–C) groups is 1. The summed E-state index contributed by atoms with van der Waals surface area (Å²) in [7, 11) is -3.29. The number of ether oxygens (including phenoxy) is 1. The molecule has 0 aliphatic rings.